The maximum absolute atomic E-state index is 11.7. The average Bonchev–Trinajstić information content (AvgIpc) is 2.25. The Morgan fingerprint density at radius 3 is 2.81 bits per heavy atom. The molecule has 0 saturated carbocycles. The number of carboxylic acids is 1. The minimum absolute atomic E-state index is 0.232. The molecule has 1 fully saturated rings. The first-order chi connectivity index (χ1) is 7.52. The van der Waals surface area contributed by atoms with Crippen molar-refractivity contribution >= 4 is 11.9 Å². The van der Waals surface area contributed by atoms with Crippen molar-refractivity contribution < 1.29 is 19.8 Å². The highest BCUT2D eigenvalue weighted by Gasteiger charge is 2.27. The molecule has 1 saturated heterocycles. The van der Waals surface area contributed by atoms with Crippen LogP contribution in [0.5, 0.6) is 0 Å². The number of hydrogen-bond donors (Lipinski definition) is 4. The molecule has 1 rings (SSSR count). The van der Waals surface area contributed by atoms with Crippen LogP contribution in [0.2, 0.25) is 0 Å². The number of aliphatic hydroxyl groups excluding tert-OH is 1. The minimum Gasteiger partial charge on any atom is -0.479 e. The summed E-state index contributed by atoms with van der Waals surface area (Å²) in [6.07, 6.45) is 0.484. The zero-order chi connectivity index (χ0) is 12.1. The van der Waals surface area contributed by atoms with Crippen LogP contribution in [-0.4, -0.2) is 47.3 Å². The molecule has 0 radical (unpaired) electrons. The highest BCUT2D eigenvalue weighted by Crippen LogP contribution is 2.15. The van der Waals surface area contributed by atoms with E-state index in [1.54, 1.807) is 0 Å². The van der Waals surface area contributed by atoms with Crippen molar-refractivity contribution in [2.24, 2.45) is 5.92 Å². The second-order valence-corrected chi connectivity index (χ2v) is 4.15. The predicted molar refractivity (Wildman–Crippen MR) is 56.8 cm³/mol. The zero-order valence-electron chi connectivity index (χ0n) is 9.27. The summed E-state index contributed by atoms with van der Waals surface area (Å²) >= 11 is 0. The monoisotopic (exact) mass is 230 g/mol. The summed E-state index contributed by atoms with van der Waals surface area (Å²) in [5.41, 5.74) is 0. The summed E-state index contributed by atoms with van der Waals surface area (Å²) in [5, 5.41) is 23.0. The summed E-state index contributed by atoms with van der Waals surface area (Å²) in [6, 6.07) is -0.283. The average molecular weight is 230 g/mol. The largest absolute Gasteiger partial charge is 0.479 e. The third-order valence-corrected chi connectivity index (χ3v) is 2.81. The van der Waals surface area contributed by atoms with E-state index in [0.29, 0.717) is 0 Å². The van der Waals surface area contributed by atoms with Gasteiger partial charge < -0.3 is 20.8 Å². The number of hydrogen-bond acceptors (Lipinski definition) is 4. The van der Waals surface area contributed by atoms with E-state index in [9.17, 15) is 9.59 Å². The van der Waals surface area contributed by atoms with Gasteiger partial charge >= 0.3 is 5.97 Å². The maximum Gasteiger partial charge on any atom is 0.334 e. The first-order valence-electron chi connectivity index (χ1n) is 5.44. The Labute approximate surface area is 94.0 Å². The van der Waals surface area contributed by atoms with Crippen LogP contribution >= 0.6 is 0 Å². The Hall–Kier alpha value is -1.14. The molecule has 4 N–H and O–H groups in total. The number of aliphatic hydroxyl groups is 1. The second-order valence-electron chi connectivity index (χ2n) is 4.15. The van der Waals surface area contributed by atoms with E-state index in [2.05, 4.69) is 10.6 Å². The molecule has 6 nitrogen and oxygen atoms in total. The van der Waals surface area contributed by atoms with Gasteiger partial charge in [-0.3, -0.25) is 4.79 Å². The summed E-state index contributed by atoms with van der Waals surface area (Å²) in [6.45, 7) is 2.52. The fraction of sp³-hybridized carbons (Fsp3) is 0.800. The molecular formula is C10H18N2O4. The van der Waals surface area contributed by atoms with E-state index >= 15 is 0 Å². The number of amides is 1. The topological polar surface area (TPSA) is 98.7 Å². The molecule has 1 heterocycles. The number of nitrogens with one attached hydrogen (secondary N) is 2. The summed E-state index contributed by atoms with van der Waals surface area (Å²) < 4.78 is 0. The molecule has 3 atom stereocenters. The third kappa shape index (κ3) is 3.46. The zero-order valence-corrected chi connectivity index (χ0v) is 9.27. The van der Waals surface area contributed by atoms with E-state index in [-0.39, 0.29) is 24.4 Å². The van der Waals surface area contributed by atoms with Crippen molar-refractivity contribution in [1.29, 1.82) is 0 Å². The van der Waals surface area contributed by atoms with Gasteiger partial charge in [0.1, 0.15) is 0 Å². The van der Waals surface area contributed by atoms with Gasteiger partial charge in [-0.1, -0.05) is 6.92 Å². The van der Waals surface area contributed by atoms with Crippen LogP contribution < -0.4 is 10.6 Å². The maximum atomic E-state index is 11.7. The number of carbonyl (C=O) groups is 2. The van der Waals surface area contributed by atoms with Crippen LogP contribution in [-0.2, 0) is 9.59 Å². The van der Waals surface area contributed by atoms with Gasteiger partial charge in [0.15, 0.2) is 6.10 Å². The minimum atomic E-state index is -1.54. The number of carbonyl (C=O) groups excluding carboxylic acids is 1. The normalized spacial score (nSPS) is 27.1. The molecule has 1 aliphatic rings. The Morgan fingerprint density at radius 2 is 2.25 bits per heavy atom. The lowest BCUT2D eigenvalue weighted by molar-refractivity contribution is -0.146. The van der Waals surface area contributed by atoms with E-state index in [1.165, 1.54) is 0 Å². The van der Waals surface area contributed by atoms with Crippen LogP contribution in [0.15, 0.2) is 0 Å². The molecule has 0 aromatic heterocycles. The van der Waals surface area contributed by atoms with Gasteiger partial charge in [-0.15, -0.1) is 0 Å². The van der Waals surface area contributed by atoms with E-state index in [4.69, 9.17) is 10.2 Å². The molecule has 92 valence electrons. The van der Waals surface area contributed by atoms with Gasteiger partial charge in [-0.25, -0.2) is 4.79 Å². The summed E-state index contributed by atoms with van der Waals surface area (Å²) in [7, 11) is 0. The molecule has 0 spiro atoms. The van der Waals surface area contributed by atoms with Crippen molar-refractivity contribution in [2.45, 2.75) is 31.9 Å². The van der Waals surface area contributed by atoms with Crippen LogP contribution in [0.3, 0.4) is 0 Å². The smallest absolute Gasteiger partial charge is 0.334 e. The van der Waals surface area contributed by atoms with E-state index in [1.807, 2.05) is 6.92 Å². The van der Waals surface area contributed by atoms with Crippen molar-refractivity contribution in [3.05, 3.63) is 0 Å². The highest BCUT2D eigenvalue weighted by molar-refractivity contribution is 5.83. The molecule has 0 aromatic rings. The molecule has 1 amide bonds. The number of aliphatic carboxylic acids is 1. The molecule has 1 aliphatic heterocycles. The molecule has 2 unspecified atom stereocenters. The predicted octanol–water partition coefficient (Wildman–Crippen LogP) is -1.06. The number of piperidine rings is 1. The van der Waals surface area contributed by atoms with Crippen molar-refractivity contribution in [3.63, 3.8) is 0 Å². The van der Waals surface area contributed by atoms with Crippen molar-refractivity contribution in [3.8, 4) is 0 Å². The quantitative estimate of drug-likeness (QED) is 0.493. The molecular weight excluding hydrogens is 212 g/mol. The molecule has 0 aliphatic carbocycles. The first kappa shape index (κ1) is 12.9. The number of carboxylic acid groups (broad SMARTS) is 1. The van der Waals surface area contributed by atoms with Gasteiger partial charge in [-0.2, -0.15) is 0 Å². The Balaban J connectivity index is 2.36. The van der Waals surface area contributed by atoms with Gasteiger partial charge in [0, 0.05) is 0 Å². The Kier molecular flexibility index (Phi) is 4.70. The summed E-state index contributed by atoms with van der Waals surface area (Å²) in [5.74, 6) is -1.34. The fourth-order valence-electron chi connectivity index (χ4n) is 1.80. The molecule has 0 bridgehead atoms. The highest BCUT2D eigenvalue weighted by atomic mass is 16.4. The van der Waals surface area contributed by atoms with Gasteiger partial charge in [-0.05, 0) is 25.3 Å². The summed E-state index contributed by atoms with van der Waals surface area (Å²) in [4.78, 5) is 22.0. The molecule has 0 aromatic carbocycles. The Bertz CT molecular complexity index is 270. The molecule has 6 heteroatoms. The van der Waals surface area contributed by atoms with Crippen LogP contribution in [0.4, 0.5) is 0 Å². The third-order valence-electron chi connectivity index (χ3n) is 2.81. The second kappa shape index (κ2) is 5.81. The lowest BCUT2D eigenvalue weighted by Gasteiger charge is -2.29. The van der Waals surface area contributed by atoms with Gasteiger partial charge in [0.25, 0.3) is 0 Å². The standard InChI is InChI=1S/C10H18N2O4/c1-6-3-2-4-11-8(6)9(14)12-5-7(13)10(15)16/h6-8,11,13H,2-5H2,1H3,(H,12,14)(H,15,16)/t6?,7-,8?/m0/s1. The fourth-order valence-corrected chi connectivity index (χ4v) is 1.80. The SMILES string of the molecule is CC1CCCNC1C(=O)NC[C@H](O)C(=O)O. The lowest BCUT2D eigenvalue weighted by Crippen LogP contribution is -2.52. The van der Waals surface area contributed by atoms with Crippen molar-refractivity contribution in [2.75, 3.05) is 13.1 Å². The van der Waals surface area contributed by atoms with Crippen molar-refractivity contribution in [1.82, 2.24) is 10.6 Å². The van der Waals surface area contributed by atoms with E-state index in [0.717, 1.165) is 19.4 Å². The molecule has 16 heavy (non-hydrogen) atoms. The Morgan fingerprint density at radius 1 is 1.56 bits per heavy atom. The lowest BCUT2D eigenvalue weighted by atomic mass is 9.92. The number of rotatable bonds is 4. The van der Waals surface area contributed by atoms with Crippen LogP contribution in [0, 0.1) is 5.92 Å². The van der Waals surface area contributed by atoms with E-state index < -0.39 is 12.1 Å². The van der Waals surface area contributed by atoms with Gasteiger partial charge in [0.2, 0.25) is 5.91 Å². The van der Waals surface area contributed by atoms with Crippen LogP contribution in [0.1, 0.15) is 19.8 Å². The first-order valence-corrected chi connectivity index (χ1v) is 5.44. The van der Waals surface area contributed by atoms with Crippen LogP contribution in [0.25, 0.3) is 0 Å². The van der Waals surface area contributed by atoms with Gasteiger partial charge in [0.05, 0.1) is 12.6 Å².